The number of nitrogens with one attached hydrogen (secondary N) is 1. The van der Waals surface area contributed by atoms with Crippen molar-refractivity contribution in [1.82, 2.24) is 9.88 Å². The van der Waals surface area contributed by atoms with Crippen molar-refractivity contribution >= 4 is 11.7 Å². The Morgan fingerprint density at radius 2 is 2.19 bits per heavy atom. The van der Waals surface area contributed by atoms with Crippen LogP contribution in [0, 0.1) is 41.9 Å². The lowest BCUT2D eigenvalue weighted by Gasteiger charge is -2.32. The molecule has 1 aliphatic heterocycles. The lowest BCUT2D eigenvalue weighted by Crippen LogP contribution is -2.42. The number of carbonyl (C=O) groups excluding carboxylic acids is 1. The quantitative estimate of drug-likeness (QED) is 0.793. The molecule has 6 heteroatoms. The molecule has 1 N–H and O–H groups in total. The third-order valence-corrected chi connectivity index (χ3v) is 4.73. The average molecular weight is 354 g/mol. The van der Waals surface area contributed by atoms with Crippen LogP contribution in [-0.4, -0.2) is 49.1 Å². The third kappa shape index (κ3) is 5.21. The van der Waals surface area contributed by atoms with Gasteiger partial charge in [0.05, 0.1) is 23.7 Å². The summed E-state index contributed by atoms with van der Waals surface area (Å²) >= 11 is 0. The highest BCUT2D eigenvalue weighted by Gasteiger charge is 2.31. The summed E-state index contributed by atoms with van der Waals surface area (Å²) in [6.45, 7) is 5.91. The number of anilines is 1. The molecule has 1 amide bonds. The molecule has 1 aromatic rings. The van der Waals surface area contributed by atoms with Gasteiger partial charge in [0.2, 0.25) is 5.91 Å². The third-order valence-electron chi connectivity index (χ3n) is 4.73. The molecule has 1 saturated heterocycles. The fraction of sp³-hybridized carbons (Fsp3) is 0.550. The van der Waals surface area contributed by atoms with Gasteiger partial charge in [-0.05, 0) is 44.7 Å². The average Bonchev–Trinajstić information content (AvgIpc) is 2.67. The minimum Gasteiger partial charge on any atom is -0.381 e. The Kier molecular flexibility index (Phi) is 7.44. The van der Waals surface area contributed by atoms with Crippen molar-refractivity contribution in [3.8, 4) is 17.9 Å². The zero-order valence-electron chi connectivity index (χ0n) is 15.7. The van der Waals surface area contributed by atoms with Gasteiger partial charge in [-0.3, -0.25) is 4.79 Å². The molecule has 1 aromatic heterocycles. The molecule has 0 saturated carbocycles. The Hall–Kier alpha value is -2.57. The number of hydrogen-bond acceptors (Lipinski definition) is 5. The van der Waals surface area contributed by atoms with Crippen LogP contribution in [-0.2, 0) is 9.53 Å². The first-order chi connectivity index (χ1) is 12.6. The predicted molar refractivity (Wildman–Crippen MR) is 100 cm³/mol. The largest absolute Gasteiger partial charge is 0.381 e. The number of nitrogens with zero attached hydrogens (tertiary/aromatic N) is 3. The van der Waals surface area contributed by atoms with E-state index in [-0.39, 0.29) is 17.7 Å². The lowest BCUT2D eigenvalue weighted by atomic mass is 9.85. The number of nitriles is 1. The molecule has 2 heterocycles. The maximum absolute atomic E-state index is 13.0. The van der Waals surface area contributed by atoms with E-state index in [1.54, 1.807) is 31.0 Å². The van der Waals surface area contributed by atoms with Gasteiger partial charge < -0.3 is 15.0 Å². The van der Waals surface area contributed by atoms with Crippen LogP contribution in [0.1, 0.15) is 31.0 Å². The van der Waals surface area contributed by atoms with Crippen LogP contribution >= 0.6 is 0 Å². The number of aryl methyl sites for hydroxylation is 1. The maximum Gasteiger partial charge on any atom is 0.228 e. The molecule has 0 bridgehead atoms. The van der Waals surface area contributed by atoms with E-state index in [1.807, 2.05) is 6.92 Å². The van der Waals surface area contributed by atoms with E-state index in [0.717, 1.165) is 12.8 Å². The summed E-state index contributed by atoms with van der Waals surface area (Å²) in [6, 6.07) is 5.64. The van der Waals surface area contributed by atoms with Crippen LogP contribution in [0.25, 0.3) is 0 Å². The summed E-state index contributed by atoms with van der Waals surface area (Å²) in [7, 11) is 1.79. The Bertz CT molecular complexity index is 724. The van der Waals surface area contributed by atoms with Crippen molar-refractivity contribution < 1.29 is 9.53 Å². The van der Waals surface area contributed by atoms with Crippen LogP contribution in [0.5, 0.6) is 0 Å². The Morgan fingerprint density at radius 1 is 1.46 bits per heavy atom. The molecule has 1 atom stereocenters. The Balaban J connectivity index is 2.10. The molecule has 0 aromatic carbocycles. The molecular formula is C20H26N4O2. The van der Waals surface area contributed by atoms with Crippen molar-refractivity contribution in [2.24, 2.45) is 11.8 Å². The number of aromatic nitrogens is 1. The van der Waals surface area contributed by atoms with Gasteiger partial charge in [0, 0.05) is 26.8 Å². The monoisotopic (exact) mass is 354 g/mol. The Morgan fingerprint density at radius 3 is 2.81 bits per heavy atom. The summed E-state index contributed by atoms with van der Waals surface area (Å²) in [5, 5.41) is 12.3. The van der Waals surface area contributed by atoms with Gasteiger partial charge in [0.1, 0.15) is 11.9 Å². The van der Waals surface area contributed by atoms with Crippen LogP contribution < -0.4 is 5.32 Å². The van der Waals surface area contributed by atoms with E-state index in [0.29, 0.717) is 43.4 Å². The van der Waals surface area contributed by atoms with Crippen molar-refractivity contribution in [1.29, 1.82) is 5.26 Å². The number of pyridine rings is 1. The molecule has 0 radical (unpaired) electrons. The Labute approximate surface area is 155 Å². The van der Waals surface area contributed by atoms with Crippen molar-refractivity contribution in [3.63, 3.8) is 0 Å². The second-order valence-electron chi connectivity index (χ2n) is 6.50. The first kappa shape index (κ1) is 19.8. The van der Waals surface area contributed by atoms with Crippen molar-refractivity contribution in [2.45, 2.75) is 26.7 Å². The summed E-state index contributed by atoms with van der Waals surface area (Å²) < 4.78 is 5.45. The van der Waals surface area contributed by atoms with E-state index >= 15 is 0 Å². The summed E-state index contributed by atoms with van der Waals surface area (Å²) in [4.78, 5) is 19.1. The van der Waals surface area contributed by atoms with Gasteiger partial charge in [0.25, 0.3) is 0 Å². The van der Waals surface area contributed by atoms with Crippen LogP contribution in [0.15, 0.2) is 12.1 Å². The number of rotatable bonds is 6. The lowest BCUT2D eigenvalue weighted by molar-refractivity contribution is -0.136. The highest BCUT2D eigenvalue weighted by molar-refractivity contribution is 5.79. The first-order valence-electron chi connectivity index (χ1n) is 8.90. The molecule has 2 rings (SSSR count). The van der Waals surface area contributed by atoms with Crippen molar-refractivity contribution in [3.05, 3.63) is 23.4 Å². The number of hydrogen-bond donors (Lipinski definition) is 1. The molecule has 1 unspecified atom stereocenters. The SMILES string of the molecule is CC#CCN(C)C(=O)C(CNc1ccc(C#N)c(C)n1)C1CCOCC1. The number of ether oxygens (including phenoxy) is 1. The smallest absolute Gasteiger partial charge is 0.228 e. The highest BCUT2D eigenvalue weighted by Crippen LogP contribution is 2.26. The highest BCUT2D eigenvalue weighted by atomic mass is 16.5. The maximum atomic E-state index is 13.0. The summed E-state index contributed by atoms with van der Waals surface area (Å²) in [6.07, 6.45) is 1.76. The second kappa shape index (κ2) is 9.79. The second-order valence-corrected chi connectivity index (χ2v) is 6.50. The first-order valence-corrected chi connectivity index (χ1v) is 8.90. The molecule has 1 fully saturated rings. The zero-order valence-corrected chi connectivity index (χ0v) is 15.7. The molecule has 26 heavy (non-hydrogen) atoms. The van der Waals surface area contributed by atoms with Crippen LogP contribution in [0.2, 0.25) is 0 Å². The van der Waals surface area contributed by atoms with E-state index in [2.05, 4.69) is 28.2 Å². The molecule has 0 spiro atoms. The number of amides is 1. The van der Waals surface area contributed by atoms with E-state index in [9.17, 15) is 4.79 Å². The van der Waals surface area contributed by atoms with Crippen molar-refractivity contribution in [2.75, 3.05) is 38.7 Å². The topological polar surface area (TPSA) is 78.3 Å². The van der Waals surface area contributed by atoms with Gasteiger partial charge in [-0.1, -0.05) is 5.92 Å². The van der Waals surface area contributed by atoms with Gasteiger partial charge in [-0.2, -0.15) is 5.26 Å². The molecule has 0 aliphatic carbocycles. The zero-order chi connectivity index (χ0) is 18.9. The minimum absolute atomic E-state index is 0.0949. The van der Waals surface area contributed by atoms with Crippen LogP contribution in [0.3, 0.4) is 0 Å². The van der Waals surface area contributed by atoms with Gasteiger partial charge in [0.15, 0.2) is 0 Å². The molecular weight excluding hydrogens is 328 g/mol. The number of carbonyl (C=O) groups is 1. The van der Waals surface area contributed by atoms with Crippen LogP contribution in [0.4, 0.5) is 5.82 Å². The van der Waals surface area contributed by atoms with Gasteiger partial charge in [-0.25, -0.2) is 4.98 Å². The fourth-order valence-corrected chi connectivity index (χ4v) is 3.12. The van der Waals surface area contributed by atoms with E-state index < -0.39 is 0 Å². The predicted octanol–water partition coefficient (Wildman–Crippen LogP) is 2.20. The van der Waals surface area contributed by atoms with Gasteiger partial charge in [-0.15, -0.1) is 5.92 Å². The summed E-state index contributed by atoms with van der Waals surface area (Å²) in [5.74, 6) is 6.68. The molecule has 138 valence electrons. The standard InChI is InChI=1S/C20H26N4O2/c1-4-5-10-24(3)20(25)18(16-8-11-26-12-9-16)14-22-19-7-6-17(13-21)15(2)23-19/h6-7,16,18H,8-12,14H2,1-3H3,(H,22,23). The molecule has 6 nitrogen and oxygen atoms in total. The fourth-order valence-electron chi connectivity index (χ4n) is 3.12. The minimum atomic E-state index is -0.152. The van der Waals surface area contributed by atoms with Gasteiger partial charge >= 0.3 is 0 Å². The van der Waals surface area contributed by atoms with E-state index in [1.165, 1.54) is 0 Å². The normalized spacial score (nSPS) is 15.3. The summed E-state index contributed by atoms with van der Waals surface area (Å²) in [5.41, 5.74) is 1.24. The molecule has 1 aliphatic rings. The van der Waals surface area contributed by atoms with E-state index in [4.69, 9.17) is 10.00 Å².